The summed E-state index contributed by atoms with van der Waals surface area (Å²) >= 11 is 6.88. The predicted octanol–water partition coefficient (Wildman–Crippen LogP) is 8.10. The minimum Gasteiger partial charge on any atom is -0.496 e. The lowest BCUT2D eigenvalue weighted by molar-refractivity contribution is -0.140. The van der Waals surface area contributed by atoms with E-state index in [0.717, 1.165) is 17.7 Å². The van der Waals surface area contributed by atoms with E-state index >= 15 is 0 Å². The van der Waals surface area contributed by atoms with Gasteiger partial charge in [0.05, 0.1) is 40.7 Å². The average Bonchev–Trinajstić information content (AvgIpc) is 2.84. The van der Waals surface area contributed by atoms with Crippen molar-refractivity contribution < 1.29 is 37.0 Å². The molecule has 0 aliphatic rings. The van der Waals surface area contributed by atoms with E-state index < -0.39 is 23.5 Å². The van der Waals surface area contributed by atoms with Gasteiger partial charge in [0.25, 0.3) is 0 Å². The third kappa shape index (κ3) is 6.73. The molecule has 0 aliphatic carbocycles. The van der Waals surface area contributed by atoms with Crippen LogP contribution in [0, 0.1) is 0 Å². The number of benzene rings is 3. The fraction of sp³-hybridized carbons (Fsp3) is 0.259. The van der Waals surface area contributed by atoms with E-state index in [1.54, 1.807) is 18.2 Å². The molecular weight excluding hydrogens is 621 g/mol. The molecule has 0 unspecified atom stereocenters. The summed E-state index contributed by atoms with van der Waals surface area (Å²) < 4.78 is 57.2. The second kappa shape index (κ2) is 11.7. The van der Waals surface area contributed by atoms with Crippen LogP contribution in [0.25, 0.3) is 0 Å². The van der Waals surface area contributed by atoms with E-state index in [1.165, 1.54) is 32.4 Å². The molecule has 3 rings (SSSR count). The summed E-state index contributed by atoms with van der Waals surface area (Å²) in [6.45, 7) is 3.87. The highest BCUT2D eigenvalue weighted by Gasteiger charge is 2.31. The predicted molar refractivity (Wildman–Crippen MR) is 140 cm³/mol. The van der Waals surface area contributed by atoms with Gasteiger partial charge in [0.15, 0.2) is 11.5 Å². The smallest absolute Gasteiger partial charge is 0.416 e. The molecule has 196 valence electrons. The summed E-state index contributed by atoms with van der Waals surface area (Å²) in [7, 11) is 2.75. The first kappa shape index (κ1) is 28.7. The van der Waals surface area contributed by atoms with Crippen molar-refractivity contribution >= 4 is 43.6 Å². The Kier molecular flexibility index (Phi) is 9.07. The van der Waals surface area contributed by atoms with E-state index in [9.17, 15) is 22.8 Å². The molecule has 0 fully saturated rings. The summed E-state index contributed by atoms with van der Waals surface area (Å²) in [5.74, 6) is -0.239. The molecule has 0 aliphatic heterocycles. The molecule has 0 bridgehead atoms. The number of methoxy groups -OCH3 is 2. The van der Waals surface area contributed by atoms with Crippen LogP contribution in [0.4, 0.5) is 13.2 Å². The fourth-order valence-corrected chi connectivity index (χ4v) is 5.06. The molecule has 3 aromatic carbocycles. The van der Waals surface area contributed by atoms with Crippen molar-refractivity contribution in [2.24, 2.45) is 0 Å². The van der Waals surface area contributed by atoms with E-state index in [-0.39, 0.29) is 29.2 Å². The molecule has 5 nitrogen and oxygen atoms in total. The van der Waals surface area contributed by atoms with E-state index in [4.69, 9.17) is 14.2 Å². The lowest BCUT2D eigenvalue weighted by Gasteiger charge is -2.19. The molecule has 0 heterocycles. The van der Waals surface area contributed by atoms with Gasteiger partial charge >= 0.3 is 12.1 Å². The van der Waals surface area contributed by atoms with Crippen LogP contribution in [-0.4, -0.2) is 26.0 Å². The van der Waals surface area contributed by atoms with Gasteiger partial charge in [-0.25, -0.2) is 0 Å². The standard InChI is InChI=1S/C27H23Br2F3O5/c1-14(2)18-12-23(37-26-20(28)8-15(9-21(26)29)10-24(33)36-4)19(13-22(18)35-3)25(34)16-6-5-7-17(11-16)27(30,31)32/h5-9,11-14H,10H2,1-4H3. The average molecular weight is 644 g/mol. The number of esters is 1. The van der Waals surface area contributed by atoms with Gasteiger partial charge in [-0.3, -0.25) is 9.59 Å². The van der Waals surface area contributed by atoms with Gasteiger partial charge in [0.2, 0.25) is 0 Å². The first-order valence-corrected chi connectivity index (χ1v) is 12.6. The molecule has 3 aromatic rings. The number of ether oxygens (including phenoxy) is 3. The van der Waals surface area contributed by atoms with Crippen molar-refractivity contribution in [1.82, 2.24) is 0 Å². The van der Waals surface area contributed by atoms with E-state index in [2.05, 4.69) is 31.9 Å². The maximum atomic E-state index is 13.5. The van der Waals surface area contributed by atoms with Crippen LogP contribution in [0.5, 0.6) is 17.2 Å². The Bertz CT molecular complexity index is 1310. The van der Waals surface area contributed by atoms with Crippen molar-refractivity contribution in [2.75, 3.05) is 14.2 Å². The summed E-state index contributed by atoms with van der Waals surface area (Å²) in [4.78, 5) is 25.2. The van der Waals surface area contributed by atoms with Gasteiger partial charge in [-0.05, 0) is 79.7 Å². The van der Waals surface area contributed by atoms with Crippen molar-refractivity contribution in [1.29, 1.82) is 0 Å². The van der Waals surface area contributed by atoms with Gasteiger partial charge in [-0.1, -0.05) is 26.0 Å². The minimum absolute atomic E-state index is 0.00989. The molecular formula is C27H23Br2F3O5. The molecule has 0 amide bonds. The van der Waals surface area contributed by atoms with Crippen molar-refractivity contribution in [3.63, 3.8) is 0 Å². The molecule has 0 atom stereocenters. The molecule has 0 saturated carbocycles. The first-order valence-electron chi connectivity index (χ1n) is 11.0. The highest BCUT2D eigenvalue weighted by Crippen LogP contribution is 2.42. The fourth-order valence-electron chi connectivity index (χ4n) is 3.62. The Hall–Kier alpha value is -2.85. The Morgan fingerprint density at radius 2 is 1.59 bits per heavy atom. The van der Waals surface area contributed by atoms with Crippen LogP contribution in [0.3, 0.4) is 0 Å². The van der Waals surface area contributed by atoms with Crippen molar-refractivity contribution in [3.05, 3.63) is 85.3 Å². The Morgan fingerprint density at radius 1 is 0.946 bits per heavy atom. The van der Waals surface area contributed by atoms with Crippen LogP contribution in [0.1, 0.15) is 52.4 Å². The molecule has 0 saturated heterocycles. The SMILES string of the molecule is COC(=O)Cc1cc(Br)c(Oc2cc(C(C)C)c(OC)cc2C(=O)c2cccc(C(F)(F)F)c2)c(Br)c1. The highest BCUT2D eigenvalue weighted by atomic mass is 79.9. The quantitative estimate of drug-likeness (QED) is 0.183. The second-order valence-electron chi connectivity index (χ2n) is 8.40. The number of ketones is 1. The molecule has 0 N–H and O–H groups in total. The van der Waals surface area contributed by atoms with Crippen molar-refractivity contribution in [3.8, 4) is 17.2 Å². The minimum atomic E-state index is -4.60. The third-order valence-corrected chi connectivity index (χ3v) is 6.67. The number of halogens is 5. The highest BCUT2D eigenvalue weighted by molar-refractivity contribution is 9.11. The molecule has 0 spiro atoms. The summed E-state index contributed by atoms with van der Waals surface area (Å²) in [6, 6.07) is 10.7. The number of alkyl halides is 3. The van der Waals surface area contributed by atoms with Crippen LogP contribution in [0.2, 0.25) is 0 Å². The van der Waals surface area contributed by atoms with Crippen LogP contribution < -0.4 is 9.47 Å². The zero-order valence-corrected chi connectivity index (χ0v) is 23.5. The van der Waals surface area contributed by atoms with E-state index in [0.29, 0.717) is 26.0 Å². The van der Waals surface area contributed by atoms with Crippen LogP contribution >= 0.6 is 31.9 Å². The molecule has 10 heteroatoms. The van der Waals surface area contributed by atoms with Gasteiger partial charge in [-0.2, -0.15) is 13.2 Å². The number of hydrogen-bond acceptors (Lipinski definition) is 5. The molecule has 0 aromatic heterocycles. The summed E-state index contributed by atoms with van der Waals surface area (Å²) in [6.07, 6.45) is -4.57. The Labute approximate surface area is 229 Å². The number of carbonyl (C=O) groups is 2. The molecule has 37 heavy (non-hydrogen) atoms. The maximum Gasteiger partial charge on any atom is 0.416 e. The number of rotatable bonds is 8. The second-order valence-corrected chi connectivity index (χ2v) is 10.1. The zero-order valence-electron chi connectivity index (χ0n) is 20.3. The summed E-state index contributed by atoms with van der Waals surface area (Å²) in [5, 5.41) is 0. The van der Waals surface area contributed by atoms with Gasteiger partial charge in [0, 0.05) is 11.1 Å². The van der Waals surface area contributed by atoms with Gasteiger partial charge in [0.1, 0.15) is 11.5 Å². The molecule has 0 radical (unpaired) electrons. The first-order chi connectivity index (χ1) is 17.3. The van der Waals surface area contributed by atoms with E-state index in [1.807, 2.05) is 13.8 Å². The van der Waals surface area contributed by atoms with Crippen LogP contribution in [-0.2, 0) is 22.1 Å². The normalized spacial score (nSPS) is 11.4. The lowest BCUT2D eigenvalue weighted by atomic mass is 9.95. The number of hydrogen-bond donors (Lipinski definition) is 0. The van der Waals surface area contributed by atoms with Gasteiger partial charge in [-0.15, -0.1) is 0 Å². The van der Waals surface area contributed by atoms with Crippen LogP contribution in [0.15, 0.2) is 57.5 Å². The van der Waals surface area contributed by atoms with Gasteiger partial charge < -0.3 is 14.2 Å². The summed E-state index contributed by atoms with van der Waals surface area (Å²) in [5.41, 5.74) is 0.338. The maximum absolute atomic E-state index is 13.5. The third-order valence-electron chi connectivity index (χ3n) is 5.50. The monoisotopic (exact) mass is 642 g/mol. The topological polar surface area (TPSA) is 61.8 Å². The lowest BCUT2D eigenvalue weighted by Crippen LogP contribution is -2.10. The zero-order chi connectivity index (χ0) is 27.5. The number of carbonyl (C=O) groups excluding carboxylic acids is 2. The Balaban J connectivity index is 2.14. The largest absolute Gasteiger partial charge is 0.496 e. The van der Waals surface area contributed by atoms with Crippen molar-refractivity contribution in [2.45, 2.75) is 32.4 Å². The Morgan fingerprint density at radius 3 is 2.14 bits per heavy atom.